The molecule has 0 unspecified atom stereocenters. The topological polar surface area (TPSA) is 61.4 Å². The van der Waals surface area contributed by atoms with Crippen LogP contribution in [0.2, 0.25) is 0 Å². The first kappa shape index (κ1) is 23.0. The Bertz CT molecular complexity index is 384. The Balaban J connectivity index is 0. The van der Waals surface area contributed by atoms with Gasteiger partial charge >= 0.3 is 59.1 Å². The van der Waals surface area contributed by atoms with E-state index in [1.54, 1.807) is 12.1 Å². The smallest absolute Gasteiger partial charge is 1.00 e. The molecule has 4 nitrogen and oxygen atoms in total. The maximum Gasteiger partial charge on any atom is 1.00 e. The van der Waals surface area contributed by atoms with Crippen LogP contribution >= 0.6 is 0 Å². The molecule has 100 valence electrons. The number of hydrogen-bond acceptors (Lipinski definition) is 4. The summed E-state index contributed by atoms with van der Waals surface area (Å²) in [6, 6.07) is 7.18. The van der Waals surface area contributed by atoms with E-state index < -0.39 is 5.97 Å². The first-order chi connectivity index (χ1) is 8.24. The number of piperidine rings is 1. The van der Waals surface area contributed by atoms with Crippen LogP contribution in [0.25, 0.3) is 0 Å². The molecule has 0 saturated carbocycles. The summed E-state index contributed by atoms with van der Waals surface area (Å²) in [6.07, 6.45) is 2.25. The largest absolute Gasteiger partial charge is 1.00 e. The fourth-order valence-electron chi connectivity index (χ4n) is 1.96. The molecule has 0 spiro atoms. The van der Waals surface area contributed by atoms with Crippen molar-refractivity contribution < 1.29 is 86.2 Å². The Morgan fingerprint density at radius 3 is 2.25 bits per heavy atom. The van der Waals surface area contributed by atoms with Gasteiger partial charge in [0.2, 0.25) is 0 Å². The van der Waals surface area contributed by atoms with Gasteiger partial charge in [-0.05, 0) is 43.6 Å². The van der Waals surface area contributed by atoms with Gasteiger partial charge in [0.05, 0.1) is 0 Å². The van der Waals surface area contributed by atoms with Crippen molar-refractivity contribution in [2.24, 2.45) is 0 Å². The van der Waals surface area contributed by atoms with Gasteiger partial charge in [0.15, 0.2) is 0 Å². The monoisotopic (exact) mass is 315 g/mol. The molecule has 1 aliphatic rings. The summed E-state index contributed by atoms with van der Waals surface area (Å²) >= 11 is 0. The predicted octanol–water partition coefficient (Wildman–Crippen LogP) is -8.88. The average Bonchev–Trinajstić information content (AvgIpc) is 2.32. The molecule has 1 heterocycles. The van der Waals surface area contributed by atoms with Crippen LogP contribution in [-0.4, -0.2) is 25.2 Å². The summed E-state index contributed by atoms with van der Waals surface area (Å²) in [5, 5.41) is 13.7. The van der Waals surface area contributed by atoms with E-state index in [0.717, 1.165) is 37.2 Å². The van der Waals surface area contributed by atoms with Crippen LogP contribution < -0.4 is 86.7 Å². The third-order valence-corrected chi connectivity index (χ3v) is 2.86. The fraction of sp³-hybridized carbons (Fsp3) is 0.462. The second-order valence-electron chi connectivity index (χ2n) is 4.26. The normalized spacial score (nSPS) is 14.2. The molecule has 1 N–H and O–H groups in total. The zero-order valence-corrected chi connectivity index (χ0v) is 16.8. The molecule has 2 rings (SSSR count). The molecule has 7 heteroatoms. The molecule has 0 radical (unpaired) electrons. The van der Waals surface area contributed by atoms with E-state index >= 15 is 0 Å². The van der Waals surface area contributed by atoms with E-state index in [1.807, 2.05) is 12.1 Å². The Labute approximate surface area is 170 Å². The van der Waals surface area contributed by atoms with Crippen molar-refractivity contribution in [2.75, 3.05) is 13.1 Å². The Kier molecular flexibility index (Phi) is 14.2. The van der Waals surface area contributed by atoms with E-state index in [4.69, 9.17) is 4.74 Å². The fourth-order valence-corrected chi connectivity index (χ4v) is 1.96. The Hall–Kier alpha value is 0.740. The minimum absolute atomic E-state index is 0. The number of halogens is 1. The van der Waals surface area contributed by atoms with Gasteiger partial charge in [0.25, 0.3) is 0 Å². The van der Waals surface area contributed by atoms with Crippen LogP contribution in [0.15, 0.2) is 24.3 Å². The Morgan fingerprint density at radius 1 is 1.20 bits per heavy atom. The van der Waals surface area contributed by atoms with Crippen LogP contribution in [0.5, 0.6) is 5.75 Å². The van der Waals surface area contributed by atoms with Crippen molar-refractivity contribution >= 4 is 5.97 Å². The molecule has 0 bridgehead atoms. The van der Waals surface area contributed by atoms with Gasteiger partial charge in [-0.3, -0.25) is 0 Å². The minimum Gasteiger partial charge on any atom is -1.00 e. The number of nitrogens with one attached hydrogen (secondary N) is 1. The number of benzene rings is 1. The van der Waals surface area contributed by atoms with Gasteiger partial charge in [-0.25, -0.2) is 0 Å². The molecule has 1 aromatic rings. The molecule has 1 aliphatic heterocycles. The maximum atomic E-state index is 10.4. The number of ether oxygens (including phenoxy) is 1. The third-order valence-electron chi connectivity index (χ3n) is 2.86. The van der Waals surface area contributed by atoms with Crippen molar-refractivity contribution in [1.82, 2.24) is 5.32 Å². The molecule has 0 aliphatic carbocycles. The van der Waals surface area contributed by atoms with E-state index in [9.17, 15) is 9.90 Å². The number of carboxylic acids is 1. The van der Waals surface area contributed by atoms with Crippen molar-refractivity contribution in [3.05, 3.63) is 29.8 Å². The van der Waals surface area contributed by atoms with Crippen molar-refractivity contribution in [1.29, 1.82) is 0 Å². The van der Waals surface area contributed by atoms with Gasteiger partial charge in [-0.2, -0.15) is 0 Å². The van der Waals surface area contributed by atoms with Gasteiger partial charge in [-0.15, -0.1) is 0 Å². The predicted molar refractivity (Wildman–Crippen MR) is 61.7 cm³/mol. The number of carbonyl (C=O) groups is 1. The second-order valence-corrected chi connectivity index (χ2v) is 4.26. The van der Waals surface area contributed by atoms with Crippen LogP contribution in [0.4, 0.5) is 0 Å². The van der Waals surface area contributed by atoms with Crippen molar-refractivity contribution in [3.63, 3.8) is 0 Å². The van der Waals surface area contributed by atoms with E-state index in [2.05, 4.69) is 5.32 Å². The second kappa shape index (κ2) is 12.3. The number of carboxylic acid groups (broad SMARTS) is 1. The average molecular weight is 316 g/mol. The van der Waals surface area contributed by atoms with Crippen LogP contribution in [0.3, 0.4) is 0 Å². The zero-order chi connectivity index (χ0) is 12.1. The molecule has 20 heavy (non-hydrogen) atoms. The first-order valence-electron chi connectivity index (χ1n) is 5.90. The standard InChI is InChI=1S/C13H17NO3.ClH.2Na/c15-13(16)9-10-1-3-11(4-2-10)17-12-5-7-14-8-6-12;;;/h1-4,12,14H,5-9H2,(H,15,16);1H;;/q;;2*+1/p-2. The molecular formula is C13H16ClNNa2O3. The van der Waals surface area contributed by atoms with Gasteiger partial charge in [0.1, 0.15) is 11.9 Å². The van der Waals surface area contributed by atoms with Gasteiger partial charge < -0.3 is 32.4 Å². The maximum absolute atomic E-state index is 10.4. The molecule has 1 aromatic carbocycles. The SMILES string of the molecule is O=C([O-])Cc1ccc(OC2CCNCC2)cc1.[Cl-].[Na+].[Na+]. The molecule has 0 aromatic heterocycles. The van der Waals surface area contributed by atoms with Crippen molar-refractivity contribution in [3.8, 4) is 5.75 Å². The molecular weight excluding hydrogens is 300 g/mol. The zero-order valence-electron chi connectivity index (χ0n) is 12.0. The quantitative estimate of drug-likeness (QED) is 0.561. The Morgan fingerprint density at radius 2 is 1.75 bits per heavy atom. The summed E-state index contributed by atoms with van der Waals surface area (Å²) in [6.45, 7) is 1.99. The summed E-state index contributed by atoms with van der Waals surface area (Å²) in [7, 11) is 0. The molecule has 1 fully saturated rings. The number of hydrogen-bond donors (Lipinski definition) is 1. The van der Waals surface area contributed by atoms with Crippen molar-refractivity contribution in [2.45, 2.75) is 25.4 Å². The van der Waals surface area contributed by atoms with Crippen LogP contribution in [-0.2, 0) is 11.2 Å². The summed E-state index contributed by atoms with van der Waals surface area (Å²) in [5.41, 5.74) is 0.739. The first-order valence-corrected chi connectivity index (χ1v) is 5.90. The van der Waals surface area contributed by atoms with Gasteiger partial charge in [0, 0.05) is 12.4 Å². The molecule has 1 saturated heterocycles. The van der Waals surface area contributed by atoms with Crippen LogP contribution in [0.1, 0.15) is 18.4 Å². The number of carbonyl (C=O) groups excluding carboxylic acids is 1. The van der Waals surface area contributed by atoms with Gasteiger partial charge in [-0.1, -0.05) is 12.1 Å². The van der Waals surface area contributed by atoms with E-state index in [1.165, 1.54) is 0 Å². The van der Waals surface area contributed by atoms with Crippen LogP contribution in [0, 0.1) is 0 Å². The summed E-state index contributed by atoms with van der Waals surface area (Å²) < 4.78 is 5.81. The number of rotatable bonds is 4. The summed E-state index contributed by atoms with van der Waals surface area (Å²) in [4.78, 5) is 10.4. The molecule has 0 amide bonds. The van der Waals surface area contributed by atoms with E-state index in [-0.39, 0.29) is 84.0 Å². The summed E-state index contributed by atoms with van der Waals surface area (Å²) in [5.74, 6) is -0.254. The van der Waals surface area contributed by atoms with E-state index in [0.29, 0.717) is 0 Å². The molecule has 0 atom stereocenters. The minimum atomic E-state index is -1.06. The third kappa shape index (κ3) is 8.25. The number of aliphatic carboxylic acids is 1.